The zero-order valence-electron chi connectivity index (χ0n) is 13.0. The van der Waals surface area contributed by atoms with E-state index in [4.69, 9.17) is 11.6 Å². The fourth-order valence-electron chi connectivity index (χ4n) is 2.16. The Morgan fingerprint density at radius 2 is 2.00 bits per heavy atom. The third-order valence-corrected chi connectivity index (χ3v) is 4.62. The van der Waals surface area contributed by atoms with E-state index in [0.29, 0.717) is 15.9 Å². The predicted molar refractivity (Wildman–Crippen MR) is 99.4 cm³/mol. The maximum absolute atomic E-state index is 12.3. The van der Waals surface area contributed by atoms with Crippen LogP contribution < -0.4 is 5.32 Å². The average Bonchev–Trinajstić information content (AvgIpc) is 3.04. The number of aromatic nitrogens is 2. The molecule has 1 heterocycles. The standard InChI is InChI=1S/C18H16ClN3OS/c1-12(17(23)21-15-9-5-8-14(19)10-15)24-18-20-11-16(22-18)13-6-3-2-4-7-13/h2-12H,1H3,(H,20,22)(H,21,23). The van der Waals surface area contributed by atoms with Crippen LogP contribution in [-0.2, 0) is 4.79 Å². The number of amides is 1. The number of benzene rings is 2. The van der Waals surface area contributed by atoms with E-state index in [0.717, 1.165) is 11.3 Å². The first kappa shape index (κ1) is 16.6. The number of H-pyrrole nitrogens is 1. The largest absolute Gasteiger partial charge is 0.333 e. The Kier molecular flexibility index (Phi) is 5.23. The van der Waals surface area contributed by atoms with E-state index in [1.54, 1.807) is 24.4 Å². The van der Waals surface area contributed by atoms with Crippen molar-refractivity contribution in [2.45, 2.75) is 17.3 Å². The Labute approximate surface area is 149 Å². The minimum Gasteiger partial charge on any atom is -0.333 e. The highest BCUT2D eigenvalue weighted by atomic mass is 35.5. The molecule has 0 fully saturated rings. The number of imidazole rings is 1. The van der Waals surface area contributed by atoms with E-state index in [1.165, 1.54) is 11.8 Å². The van der Waals surface area contributed by atoms with Gasteiger partial charge < -0.3 is 10.3 Å². The summed E-state index contributed by atoms with van der Waals surface area (Å²) in [5.74, 6) is -0.0973. The summed E-state index contributed by atoms with van der Waals surface area (Å²) in [6, 6.07) is 17.0. The number of thioether (sulfide) groups is 1. The van der Waals surface area contributed by atoms with Gasteiger partial charge in [0.15, 0.2) is 5.16 Å². The highest BCUT2D eigenvalue weighted by molar-refractivity contribution is 8.00. The second-order valence-electron chi connectivity index (χ2n) is 5.23. The molecule has 0 saturated carbocycles. The molecule has 4 nitrogen and oxygen atoms in total. The van der Waals surface area contributed by atoms with Crippen molar-refractivity contribution >= 4 is 35.0 Å². The maximum atomic E-state index is 12.3. The van der Waals surface area contributed by atoms with Gasteiger partial charge in [0.25, 0.3) is 0 Å². The summed E-state index contributed by atoms with van der Waals surface area (Å²) in [6.07, 6.45) is 1.78. The molecule has 24 heavy (non-hydrogen) atoms. The SMILES string of the molecule is CC(Sc1ncc(-c2ccccc2)[nH]1)C(=O)Nc1cccc(Cl)c1. The van der Waals surface area contributed by atoms with Crippen LogP contribution in [0.2, 0.25) is 5.02 Å². The number of halogens is 1. The Bertz CT molecular complexity index is 835. The molecule has 6 heteroatoms. The van der Waals surface area contributed by atoms with E-state index in [-0.39, 0.29) is 11.2 Å². The van der Waals surface area contributed by atoms with Gasteiger partial charge in [-0.15, -0.1) is 0 Å². The summed E-state index contributed by atoms with van der Waals surface area (Å²) in [6.45, 7) is 1.84. The minimum atomic E-state index is -0.293. The third-order valence-electron chi connectivity index (χ3n) is 3.39. The second-order valence-corrected chi connectivity index (χ2v) is 6.99. The van der Waals surface area contributed by atoms with E-state index >= 15 is 0 Å². The molecule has 0 spiro atoms. The average molecular weight is 358 g/mol. The molecule has 3 rings (SSSR count). The fourth-order valence-corrected chi connectivity index (χ4v) is 3.13. The molecule has 122 valence electrons. The van der Waals surface area contributed by atoms with Crippen LogP contribution in [0, 0.1) is 0 Å². The molecule has 1 aromatic heterocycles. The van der Waals surface area contributed by atoms with Gasteiger partial charge in [-0.2, -0.15) is 0 Å². The topological polar surface area (TPSA) is 57.8 Å². The van der Waals surface area contributed by atoms with Crippen molar-refractivity contribution < 1.29 is 4.79 Å². The number of hydrogen-bond acceptors (Lipinski definition) is 3. The summed E-state index contributed by atoms with van der Waals surface area (Å²) in [4.78, 5) is 19.9. The molecule has 0 aliphatic carbocycles. The quantitative estimate of drug-likeness (QED) is 0.642. The van der Waals surface area contributed by atoms with Gasteiger partial charge in [-0.1, -0.05) is 59.8 Å². The first-order valence-corrected chi connectivity index (χ1v) is 8.71. The van der Waals surface area contributed by atoms with Crippen LogP contribution in [0.25, 0.3) is 11.3 Å². The molecular weight excluding hydrogens is 342 g/mol. The first-order chi connectivity index (χ1) is 11.6. The van der Waals surface area contributed by atoms with Crippen molar-refractivity contribution in [2.24, 2.45) is 0 Å². The molecular formula is C18H16ClN3OS. The molecule has 0 aliphatic rings. The van der Waals surface area contributed by atoms with Crippen LogP contribution >= 0.6 is 23.4 Å². The highest BCUT2D eigenvalue weighted by Crippen LogP contribution is 2.25. The summed E-state index contributed by atoms with van der Waals surface area (Å²) >= 11 is 7.31. The molecule has 0 saturated heterocycles. The molecule has 2 N–H and O–H groups in total. The number of carbonyl (C=O) groups excluding carboxylic acids is 1. The van der Waals surface area contributed by atoms with Crippen LogP contribution in [0.4, 0.5) is 5.69 Å². The van der Waals surface area contributed by atoms with Crippen molar-refractivity contribution in [1.29, 1.82) is 0 Å². The van der Waals surface area contributed by atoms with Gasteiger partial charge in [-0.3, -0.25) is 4.79 Å². The Morgan fingerprint density at radius 3 is 2.75 bits per heavy atom. The van der Waals surface area contributed by atoms with E-state index in [9.17, 15) is 4.79 Å². The van der Waals surface area contributed by atoms with E-state index in [2.05, 4.69) is 15.3 Å². The number of nitrogens with zero attached hydrogens (tertiary/aromatic N) is 1. The second kappa shape index (κ2) is 7.55. The number of aromatic amines is 1. The summed E-state index contributed by atoms with van der Waals surface area (Å²) < 4.78 is 0. The maximum Gasteiger partial charge on any atom is 0.237 e. The number of nitrogens with one attached hydrogen (secondary N) is 2. The number of anilines is 1. The molecule has 0 aliphatic heterocycles. The molecule has 1 unspecified atom stereocenters. The lowest BCUT2D eigenvalue weighted by Crippen LogP contribution is -2.22. The van der Waals surface area contributed by atoms with Gasteiger partial charge in [0.05, 0.1) is 17.1 Å². The normalized spacial score (nSPS) is 11.9. The van der Waals surface area contributed by atoms with Crippen molar-refractivity contribution in [3.8, 4) is 11.3 Å². The predicted octanol–water partition coefficient (Wildman–Crippen LogP) is 4.85. The molecule has 0 bridgehead atoms. The van der Waals surface area contributed by atoms with Gasteiger partial charge >= 0.3 is 0 Å². The lowest BCUT2D eigenvalue weighted by Gasteiger charge is -2.10. The van der Waals surface area contributed by atoms with Gasteiger partial charge in [0.2, 0.25) is 5.91 Å². The zero-order chi connectivity index (χ0) is 16.9. The minimum absolute atomic E-state index is 0.0973. The van der Waals surface area contributed by atoms with Gasteiger partial charge in [-0.25, -0.2) is 4.98 Å². The smallest absolute Gasteiger partial charge is 0.237 e. The van der Waals surface area contributed by atoms with Crippen molar-refractivity contribution in [2.75, 3.05) is 5.32 Å². The third kappa shape index (κ3) is 4.19. The van der Waals surface area contributed by atoms with E-state index in [1.807, 2.05) is 43.3 Å². The van der Waals surface area contributed by atoms with Gasteiger partial charge in [0, 0.05) is 10.7 Å². The molecule has 0 radical (unpaired) electrons. The molecule has 2 aromatic carbocycles. The Hall–Kier alpha value is -2.24. The van der Waals surface area contributed by atoms with Gasteiger partial charge in [0.1, 0.15) is 0 Å². The fraction of sp³-hybridized carbons (Fsp3) is 0.111. The van der Waals surface area contributed by atoms with Crippen LogP contribution in [0.1, 0.15) is 6.92 Å². The number of hydrogen-bond donors (Lipinski definition) is 2. The van der Waals surface area contributed by atoms with Gasteiger partial charge in [-0.05, 0) is 30.7 Å². The van der Waals surface area contributed by atoms with E-state index < -0.39 is 0 Å². The molecule has 1 amide bonds. The summed E-state index contributed by atoms with van der Waals surface area (Å²) in [5.41, 5.74) is 2.68. The summed E-state index contributed by atoms with van der Waals surface area (Å²) in [7, 11) is 0. The van der Waals surface area contributed by atoms with Crippen molar-refractivity contribution in [3.05, 3.63) is 65.8 Å². The first-order valence-electron chi connectivity index (χ1n) is 7.45. The lowest BCUT2D eigenvalue weighted by molar-refractivity contribution is -0.115. The number of carbonyl (C=O) groups is 1. The Morgan fingerprint density at radius 1 is 1.21 bits per heavy atom. The zero-order valence-corrected chi connectivity index (χ0v) is 14.6. The van der Waals surface area contributed by atoms with Crippen LogP contribution in [0.15, 0.2) is 66.0 Å². The van der Waals surface area contributed by atoms with Crippen LogP contribution in [0.5, 0.6) is 0 Å². The summed E-state index contributed by atoms with van der Waals surface area (Å²) in [5, 5.41) is 3.86. The molecule has 1 atom stereocenters. The van der Waals surface area contributed by atoms with Crippen molar-refractivity contribution in [1.82, 2.24) is 9.97 Å². The monoisotopic (exact) mass is 357 g/mol. The lowest BCUT2D eigenvalue weighted by atomic mass is 10.2. The molecule has 3 aromatic rings. The number of rotatable bonds is 5. The Balaban J connectivity index is 1.63. The van der Waals surface area contributed by atoms with Crippen LogP contribution in [-0.4, -0.2) is 21.1 Å². The van der Waals surface area contributed by atoms with Crippen molar-refractivity contribution in [3.63, 3.8) is 0 Å². The van der Waals surface area contributed by atoms with Crippen LogP contribution in [0.3, 0.4) is 0 Å². The highest BCUT2D eigenvalue weighted by Gasteiger charge is 2.16.